The van der Waals surface area contributed by atoms with Crippen LogP contribution < -0.4 is 5.73 Å². The minimum absolute atomic E-state index is 0.122. The summed E-state index contributed by atoms with van der Waals surface area (Å²) in [4.78, 5) is 2.54. The van der Waals surface area contributed by atoms with E-state index in [1.54, 1.807) is 0 Å². The van der Waals surface area contributed by atoms with Crippen LogP contribution in [0.2, 0.25) is 0 Å². The second-order valence-corrected chi connectivity index (χ2v) is 8.14. The molecule has 3 unspecified atom stereocenters. The molecule has 21 heavy (non-hydrogen) atoms. The maximum Gasteiger partial charge on any atom is 0.0424 e. The lowest BCUT2D eigenvalue weighted by Gasteiger charge is -2.36. The van der Waals surface area contributed by atoms with Crippen molar-refractivity contribution in [1.82, 2.24) is 4.90 Å². The molecule has 2 rings (SSSR count). The van der Waals surface area contributed by atoms with Crippen molar-refractivity contribution in [2.75, 3.05) is 19.6 Å². The van der Waals surface area contributed by atoms with Crippen LogP contribution in [0.4, 0.5) is 0 Å². The highest BCUT2D eigenvalue weighted by Crippen LogP contribution is 2.25. The molecule has 3 atom stereocenters. The highest BCUT2D eigenvalue weighted by Gasteiger charge is 2.23. The molecule has 2 nitrogen and oxygen atoms in total. The first-order valence-electron chi connectivity index (χ1n) is 8.34. The number of piperidine rings is 1. The molecule has 1 saturated heterocycles. The van der Waals surface area contributed by atoms with Crippen LogP contribution in [0.3, 0.4) is 0 Å². The van der Waals surface area contributed by atoms with E-state index < -0.39 is 0 Å². The van der Waals surface area contributed by atoms with Gasteiger partial charge in [-0.05, 0) is 34.8 Å². The van der Waals surface area contributed by atoms with Crippen molar-refractivity contribution in [3.8, 4) is 0 Å². The molecule has 1 aliphatic rings. The van der Waals surface area contributed by atoms with E-state index in [2.05, 4.69) is 63.8 Å². The third-order valence-electron chi connectivity index (χ3n) is 4.60. The SMILES string of the molecule is CC1CC(C)CN(CC(N)c2ccc(C(C)(C)C)cc2)C1. The van der Waals surface area contributed by atoms with Gasteiger partial charge in [0.15, 0.2) is 0 Å². The summed E-state index contributed by atoms with van der Waals surface area (Å²) in [5.41, 5.74) is 9.27. The monoisotopic (exact) mass is 288 g/mol. The molecule has 2 N–H and O–H groups in total. The minimum Gasteiger partial charge on any atom is -0.323 e. The number of rotatable bonds is 3. The highest BCUT2D eigenvalue weighted by atomic mass is 15.1. The first-order valence-corrected chi connectivity index (χ1v) is 8.34. The summed E-state index contributed by atoms with van der Waals surface area (Å²) < 4.78 is 0. The predicted octanol–water partition coefficient (Wildman–Crippen LogP) is 3.96. The Bertz CT molecular complexity index is 434. The summed E-state index contributed by atoms with van der Waals surface area (Å²) in [5, 5.41) is 0. The van der Waals surface area contributed by atoms with Gasteiger partial charge >= 0.3 is 0 Å². The van der Waals surface area contributed by atoms with Crippen LogP contribution in [0.1, 0.15) is 58.2 Å². The Hall–Kier alpha value is -0.860. The molecule has 1 aromatic carbocycles. The van der Waals surface area contributed by atoms with E-state index in [9.17, 15) is 0 Å². The normalized spacial score (nSPS) is 25.8. The van der Waals surface area contributed by atoms with Gasteiger partial charge in [0.05, 0.1) is 0 Å². The van der Waals surface area contributed by atoms with E-state index >= 15 is 0 Å². The molecule has 1 aliphatic heterocycles. The van der Waals surface area contributed by atoms with Crippen molar-refractivity contribution in [1.29, 1.82) is 0 Å². The quantitative estimate of drug-likeness (QED) is 0.912. The maximum atomic E-state index is 6.43. The lowest BCUT2D eigenvalue weighted by molar-refractivity contribution is 0.134. The average molecular weight is 288 g/mol. The van der Waals surface area contributed by atoms with Crippen LogP contribution in [0.5, 0.6) is 0 Å². The fraction of sp³-hybridized carbons (Fsp3) is 0.684. The Morgan fingerprint density at radius 1 is 1.10 bits per heavy atom. The van der Waals surface area contributed by atoms with Gasteiger partial charge in [-0.1, -0.05) is 58.9 Å². The summed E-state index contributed by atoms with van der Waals surface area (Å²) in [7, 11) is 0. The fourth-order valence-corrected chi connectivity index (χ4v) is 3.56. The fourth-order valence-electron chi connectivity index (χ4n) is 3.56. The minimum atomic E-state index is 0.122. The zero-order chi connectivity index (χ0) is 15.6. The zero-order valence-corrected chi connectivity index (χ0v) is 14.4. The van der Waals surface area contributed by atoms with Gasteiger partial charge in [0.25, 0.3) is 0 Å². The van der Waals surface area contributed by atoms with Gasteiger partial charge in [-0.3, -0.25) is 0 Å². The standard InChI is InChI=1S/C19H32N2/c1-14-10-15(2)12-21(11-14)13-18(20)16-6-8-17(9-7-16)19(3,4)5/h6-9,14-15,18H,10-13,20H2,1-5H3. The Morgan fingerprint density at radius 3 is 2.10 bits per heavy atom. The van der Waals surface area contributed by atoms with Gasteiger partial charge in [0, 0.05) is 25.7 Å². The van der Waals surface area contributed by atoms with Crippen molar-refractivity contribution in [2.24, 2.45) is 17.6 Å². The first-order chi connectivity index (χ1) is 9.75. The van der Waals surface area contributed by atoms with E-state index in [-0.39, 0.29) is 11.5 Å². The van der Waals surface area contributed by atoms with Crippen LogP contribution in [0.25, 0.3) is 0 Å². The first kappa shape index (κ1) is 16.5. The second-order valence-electron chi connectivity index (χ2n) is 8.14. The highest BCUT2D eigenvalue weighted by molar-refractivity contribution is 5.29. The van der Waals surface area contributed by atoms with Crippen molar-refractivity contribution in [3.63, 3.8) is 0 Å². The molecule has 0 bridgehead atoms. The van der Waals surface area contributed by atoms with Crippen molar-refractivity contribution in [2.45, 2.75) is 52.5 Å². The molecule has 1 aromatic rings. The Kier molecular flexibility index (Phi) is 5.11. The number of hydrogen-bond acceptors (Lipinski definition) is 2. The van der Waals surface area contributed by atoms with Crippen LogP contribution in [-0.4, -0.2) is 24.5 Å². The van der Waals surface area contributed by atoms with Gasteiger partial charge in [-0.25, -0.2) is 0 Å². The van der Waals surface area contributed by atoms with E-state index in [0.717, 1.165) is 18.4 Å². The van der Waals surface area contributed by atoms with E-state index in [4.69, 9.17) is 5.73 Å². The largest absolute Gasteiger partial charge is 0.323 e. The van der Waals surface area contributed by atoms with E-state index in [1.165, 1.54) is 30.6 Å². The zero-order valence-electron chi connectivity index (χ0n) is 14.4. The molecule has 0 saturated carbocycles. The lowest BCUT2D eigenvalue weighted by Crippen LogP contribution is -2.42. The van der Waals surface area contributed by atoms with Crippen molar-refractivity contribution in [3.05, 3.63) is 35.4 Å². The maximum absolute atomic E-state index is 6.43. The number of nitrogens with zero attached hydrogens (tertiary/aromatic N) is 1. The summed E-state index contributed by atoms with van der Waals surface area (Å²) in [5.74, 6) is 1.59. The summed E-state index contributed by atoms with van der Waals surface area (Å²) in [6.07, 6.45) is 1.35. The lowest BCUT2D eigenvalue weighted by atomic mass is 9.86. The molecule has 0 radical (unpaired) electrons. The molecule has 0 aromatic heterocycles. The molecule has 0 aliphatic carbocycles. The van der Waals surface area contributed by atoms with Crippen LogP contribution >= 0.6 is 0 Å². The van der Waals surface area contributed by atoms with Gasteiger partial charge in [-0.15, -0.1) is 0 Å². The number of nitrogens with two attached hydrogens (primary N) is 1. The summed E-state index contributed by atoms with van der Waals surface area (Å²) in [6, 6.07) is 9.01. The molecule has 118 valence electrons. The molecule has 1 heterocycles. The van der Waals surface area contributed by atoms with E-state index in [1.807, 2.05) is 0 Å². The number of likely N-dealkylation sites (tertiary alicyclic amines) is 1. The molecular formula is C19H32N2. The predicted molar refractivity (Wildman–Crippen MR) is 91.5 cm³/mol. The topological polar surface area (TPSA) is 29.3 Å². The van der Waals surface area contributed by atoms with Crippen LogP contribution in [0.15, 0.2) is 24.3 Å². The third-order valence-corrected chi connectivity index (χ3v) is 4.60. The van der Waals surface area contributed by atoms with Crippen molar-refractivity contribution >= 4 is 0 Å². The molecule has 0 spiro atoms. The number of hydrogen-bond donors (Lipinski definition) is 1. The Balaban J connectivity index is 1.98. The smallest absolute Gasteiger partial charge is 0.0424 e. The Morgan fingerprint density at radius 2 is 1.62 bits per heavy atom. The van der Waals surface area contributed by atoms with Gasteiger partial charge in [0.2, 0.25) is 0 Å². The van der Waals surface area contributed by atoms with Crippen LogP contribution in [0, 0.1) is 11.8 Å². The molecule has 1 fully saturated rings. The Labute approximate surface area is 130 Å². The van der Waals surface area contributed by atoms with Gasteiger partial charge in [-0.2, -0.15) is 0 Å². The summed E-state index contributed by atoms with van der Waals surface area (Å²) >= 11 is 0. The van der Waals surface area contributed by atoms with Crippen molar-refractivity contribution < 1.29 is 0 Å². The van der Waals surface area contributed by atoms with E-state index in [0.29, 0.717) is 0 Å². The van der Waals surface area contributed by atoms with Crippen LogP contribution in [-0.2, 0) is 5.41 Å². The summed E-state index contributed by atoms with van der Waals surface area (Å²) in [6.45, 7) is 14.8. The molecule has 2 heteroatoms. The van der Waals surface area contributed by atoms with Gasteiger partial charge < -0.3 is 10.6 Å². The van der Waals surface area contributed by atoms with Gasteiger partial charge in [0.1, 0.15) is 0 Å². The molecule has 0 amide bonds. The average Bonchev–Trinajstić information content (AvgIpc) is 2.36. The number of benzene rings is 1. The second kappa shape index (κ2) is 6.50. The third kappa shape index (κ3) is 4.55. The molecular weight excluding hydrogens is 256 g/mol.